The zero-order chi connectivity index (χ0) is 17.7. The van der Waals surface area contributed by atoms with E-state index in [-0.39, 0.29) is 18.3 Å². The number of hydrogen-bond acceptors (Lipinski definition) is 3. The van der Waals surface area contributed by atoms with Crippen molar-refractivity contribution in [3.05, 3.63) is 60.4 Å². The molecule has 0 atom stereocenters. The summed E-state index contributed by atoms with van der Waals surface area (Å²) in [6.45, 7) is 9.09. The lowest BCUT2D eigenvalue weighted by Crippen LogP contribution is -2.41. The zero-order valence-electron chi connectivity index (χ0n) is 15.2. The molecule has 4 nitrogen and oxygen atoms in total. The SMILES string of the molecule is CC1(C)OB(c2ccc3ncn(Cc4ccccc4)c3c2)OC1(C)C. The molecule has 4 rings (SSSR count). The molecule has 1 saturated heterocycles. The van der Waals surface area contributed by atoms with E-state index in [4.69, 9.17) is 9.31 Å². The van der Waals surface area contributed by atoms with Crippen molar-refractivity contribution in [3.63, 3.8) is 0 Å². The van der Waals surface area contributed by atoms with Crippen LogP contribution in [0.5, 0.6) is 0 Å². The summed E-state index contributed by atoms with van der Waals surface area (Å²) in [4.78, 5) is 4.52. The summed E-state index contributed by atoms with van der Waals surface area (Å²) in [5.41, 5.74) is 3.68. The Kier molecular flexibility index (Phi) is 3.74. The molecule has 0 bridgehead atoms. The molecule has 3 aromatic rings. The summed E-state index contributed by atoms with van der Waals surface area (Å²) in [5, 5.41) is 0. The number of hydrogen-bond donors (Lipinski definition) is 0. The van der Waals surface area contributed by atoms with E-state index in [1.165, 1.54) is 5.56 Å². The van der Waals surface area contributed by atoms with Gasteiger partial charge in [0.25, 0.3) is 0 Å². The van der Waals surface area contributed by atoms with Crippen LogP contribution in [0.2, 0.25) is 0 Å². The van der Waals surface area contributed by atoms with E-state index >= 15 is 0 Å². The lowest BCUT2D eigenvalue weighted by Gasteiger charge is -2.32. The van der Waals surface area contributed by atoms with Gasteiger partial charge in [0.05, 0.1) is 28.6 Å². The van der Waals surface area contributed by atoms with Crippen LogP contribution in [0, 0.1) is 0 Å². The normalized spacial score (nSPS) is 18.8. The van der Waals surface area contributed by atoms with Gasteiger partial charge in [0.15, 0.2) is 0 Å². The monoisotopic (exact) mass is 334 g/mol. The predicted octanol–water partition coefficient (Wildman–Crippen LogP) is 3.38. The first-order chi connectivity index (χ1) is 11.9. The predicted molar refractivity (Wildman–Crippen MR) is 101 cm³/mol. The summed E-state index contributed by atoms with van der Waals surface area (Å²) >= 11 is 0. The molecule has 2 heterocycles. The fourth-order valence-corrected chi connectivity index (χ4v) is 3.11. The first-order valence-corrected chi connectivity index (χ1v) is 8.70. The van der Waals surface area contributed by atoms with Crippen LogP contribution in [0.4, 0.5) is 0 Å². The van der Waals surface area contributed by atoms with Crippen molar-refractivity contribution in [2.75, 3.05) is 0 Å². The second kappa shape index (κ2) is 5.72. The first-order valence-electron chi connectivity index (χ1n) is 8.70. The van der Waals surface area contributed by atoms with Crippen LogP contribution in [-0.2, 0) is 15.9 Å². The van der Waals surface area contributed by atoms with E-state index in [0.717, 1.165) is 23.0 Å². The summed E-state index contributed by atoms with van der Waals surface area (Å²) in [5.74, 6) is 0. The molecule has 0 N–H and O–H groups in total. The maximum atomic E-state index is 6.18. The molecule has 1 aliphatic heterocycles. The van der Waals surface area contributed by atoms with E-state index in [9.17, 15) is 0 Å². The lowest BCUT2D eigenvalue weighted by molar-refractivity contribution is 0.00578. The Morgan fingerprint density at radius 2 is 1.64 bits per heavy atom. The van der Waals surface area contributed by atoms with Gasteiger partial charge >= 0.3 is 7.12 Å². The van der Waals surface area contributed by atoms with Gasteiger partial charge in [-0.25, -0.2) is 4.98 Å². The largest absolute Gasteiger partial charge is 0.494 e. The van der Waals surface area contributed by atoms with Crippen LogP contribution in [0.1, 0.15) is 33.3 Å². The highest BCUT2D eigenvalue weighted by Gasteiger charge is 2.51. The van der Waals surface area contributed by atoms with Gasteiger partial charge < -0.3 is 13.9 Å². The molecule has 128 valence electrons. The molecule has 0 saturated carbocycles. The average Bonchev–Trinajstić information content (AvgIpc) is 3.06. The summed E-state index contributed by atoms with van der Waals surface area (Å²) in [7, 11) is -0.352. The van der Waals surface area contributed by atoms with E-state index in [2.05, 4.69) is 67.6 Å². The van der Waals surface area contributed by atoms with E-state index in [1.54, 1.807) is 0 Å². The molecule has 0 aliphatic carbocycles. The number of benzene rings is 2. The van der Waals surface area contributed by atoms with Crippen molar-refractivity contribution in [3.8, 4) is 0 Å². The Morgan fingerprint density at radius 1 is 0.960 bits per heavy atom. The van der Waals surface area contributed by atoms with Crippen LogP contribution < -0.4 is 5.46 Å². The first kappa shape index (κ1) is 16.4. The number of fused-ring (bicyclic) bond motifs is 1. The van der Waals surface area contributed by atoms with Crippen molar-refractivity contribution in [2.24, 2.45) is 0 Å². The highest BCUT2D eigenvalue weighted by atomic mass is 16.7. The van der Waals surface area contributed by atoms with Gasteiger partial charge in [-0.15, -0.1) is 0 Å². The highest BCUT2D eigenvalue weighted by molar-refractivity contribution is 6.62. The smallest absolute Gasteiger partial charge is 0.399 e. The molecule has 0 unspecified atom stereocenters. The average molecular weight is 334 g/mol. The third kappa shape index (κ3) is 2.88. The van der Waals surface area contributed by atoms with E-state index in [1.807, 2.05) is 24.5 Å². The van der Waals surface area contributed by atoms with Gasteiger partial charge in [-0.05, 0) is 50.9 Å². The standard InChI is InChI=1S/C20H23BN2O2/c1-19(2)20(3,4)25-21(24-19)16-10-11-17-18(12-16)23(14-22-17)13-15-8-6-5-7-9-15/h5-12,14H,13H2,1-4H3. The van der Waals surface area contributed by atoms with Crippen LogP contribution in [0.3, 0.4) is 0 Å². The second-order valence-corrected chi connectivity index (χ2v) is 7.69. The second-order valence-electron chi connectivity index (χ2n) is 7.69. The summed E-state index contributed by atoms with van der Waals surface area (Å²) < 4.78 is 14.5. The quantitative estimate of drug-likeness (QED) is 0.689. The van der Waals surface area contributed by atoms with Crippen molar-refractivity contribution in [1.82, 2.24) is 9.55 Å². The molecule has 2 aromatic carbocycles. The van der Waals surface area contributed by atoms with Crippen LogP contribution in [0.15, 0.2) is 54.9 Å². The topological polar surface area (TPSA) is 36.3 Å². The number of rotatable bonds is 3. The molecular formula is C20H23BN2O2. The van der Waals surface area contributed by atoms with Gasteiger partial charge in [-0.1, -0.05) is 36.4 Å². The minimum Gasteiger partial charge on any atom is -0.399 e. The van der Waals surface area contributed by atoms with Crippen LogP contribution in [0.25, 0.3) is 11.0 Å². The minimum absolute atomic E-state index is 0.336. The summed E-state index contributed by atoms with van der Waals surface area (Å²) in [6, 6.07) is 16.6. The van der Waals surface area contributed by atoms with E-state index in [0.29, 0.717) is 0 Å². The molecule has 1 fully saturated rings. The molecule has 25 heavy (non-hydrogen) atoms. The lowest BCUT2D eigenvalue weighted by atomic mass is 9.79. The Hall–Kier alpha value is -2.11. The Morgan fingerprint density at radius 3 is 2.32 bits per heavy atom. The van der Waals surface area contributed by atoms with E-state index < -0.39 is 0 Å². The molecular weight excluding hydrogens is 311 g/mol. The molecule has 0 spiro atoms. The van der Waals surface area contributed by atoms with Crippen molar-refractivity contribution < 1.29 is 9.31 Å². The third-order valence-corrected chi connectivity index (χ3v) is 5.37. The number of imidazole rings is 1. The van der Waals surface area contributed by atoms with Crippen molar-refractivity contribution >= 4 is 23.6 Å². The van der Waals surface area contributed by atoms with Crippen molar-refractivity contribution in [1.29, 1.82) is 0 Å². The zero-order valence-corrected chi connectivity index (χ0v) is 15.2. The molecule has 1 aromatic heterocycles. The molecule has 0 amide bonds. The fraction of sp³-hybridized carbons (Fsp3) is 0.350. The fourth-order valence-electron chi connectivity index (χ4n) is 3.11. The Bertz CT molecular complexity index is 886. The van der Waals surface area contributed by atoms with Gasteiger partial charge in [-0.3, -0.25) is 0 Å². The molecule has 1 aliphatic rings. The van der Waals surface area contributed by atoms with Gasteiger partial charge in [0, 0.05) is 6.54 Å². The van der Waals surface area contributed by atoms with Crippen LogP contribution >= 0.6 is 0 Å². The van der Waals surface area contributed by atoms with Gasteiger partial charge in [0.1, 0.15) is 0 Å². The number of nitrogens with zero attached hydrogens (tertiary/aromatic N) is 2. The molecule has 5 heteroatoms. The van der Waals surface area contributed by atoms with Crippen molar-refractivity contribution in [2.45, 2.75) is 45.4 Å². The third-order valence-electron chi connectivity index (χ3n) is 5.37. The maximum Gasteiger partial charge on any atom is 0.494 e. The minimum atomic E-state index is -0.352. The summed E-state index contributed by atoms with van der Waals surface area (Å²) in [6.07, 6.45) is 1.89. The Labute approximate surface area is 148 Å². The maximum absolute atomic E-state index is 6.18. The van der Waals surface area contributed by atoms with Gasteiger partial charge in [-0.2, -0.15) is 0 Å². The molecule has 0 radical (unpaired) electrons. The van der Waals surface area contributed by atoms with Gasteiger partial charge in [0.2, 0.25) is 0 Å². The Balaban J connectivity index is 1.67. The van der Waals surface area contributed by atoms with Crippen LogP contribution in [-0.4, -0.2) is 27.9 Å². The highest BCUT2D eigenvalue weighted by Crippen LogP contribution is 2.36. The number of aromatic nitrogens is 2.